The highest BCUT2D eigenvalue weighted by Crippen LogP contribution is 2.38. The van der Waals surface area contributed by atoms with Gasteiger partial charge in [0.25, 0.3) is 5.56 Å². The number of fused-ring (bicyclic) bond motifs is 1. The second-order valence-electron chi connectivity index (χ2n) is 7.29. The molecule has 1 amide bonds. The molecule has 4 N–H and O–H groups in total. The van der Waals surface area contributed by atoms with E-state index in [1.54, 1.807) is 4.52 Å². The minimum atomic E-state index is -0.182. The van der Waals surface area contributed by atoms with Gasteiger partial charge in [0.05, 0.1) is 0 Å². The van der Waals surface area contributed by atoms with Gasteiger partial charge in [-0.3, -0.25) is 14.7 Å². The fourth-order valence-electron chi connectivity index (χ4n) is 3.96. The number of nitrogens with two attached hydrogens (primary N) is 1. The van der Waals surface area contributed by atoms with E-state index in [-0.39, 0.29) is 16.9 Å². The van der Waals surface area contributed by atoms with Crippen molar-refractivity contribution in [1.82, 2.24) is 19.9 Å². The van der Waals surface area contributed by atoms with E-state index in [9.17, 15) is 9.59 Å². The SMILES string of the molecule is Cc1nc2cc(=O)[nH]n2c(C)c1CNC(=O)CC1(CN)CCCCC1. The van der Waals surface area contributed by atoms with Crippen LogP contribution in [0, 0.1) is 19.3 Å². The van der Waals surface area contributed by atoms with Crippen LogP contribution in [-0.4, -0.2) is 27.0 Å². The molecule has 2 heterocycles. The Kier molecular flexibility index (Phi) is 4.94. The summed E-state index contributed by atoms with van der Waals surface area (Å²) in [6.07, 6.45) is 6.11. The normalized spacial score (nSPS) is 16.9. The Labute approximate surface area is 147 Å². The molecule has 0 aromatic carbocycles. The Morgan fingerprint density at radius 3 is 2.76 bits per heavy atom. The number of hydrogen-bond acceptors (Lipinski definition) is 4. The van der Waals surface area contributed by atoms with E-state index in [4.69, 9.17) is 5.73 Å². The second kappa shape index (κ2) is 7.00. The van der Waals surface area contributed by atoms with E-state index in [1.807, 2.05) is 13.8 Å². The number of nitrogens with zero attached hydrogens (tertiary/aromatic N) is 2. The van der Waals surface area contributed by atoms with Crippen molar-refractivity contribution in [3.05, 3.63) is 33.4 Å². The van der Waals surface area contributed by atoms with E-state index < -0.39 is 0 Å². The average molecular weight is 345 g/mol. The van der Waals surface area contributed by atoms with Crippen molar-refractivity contribution in [2.75, 3.05) is 6.54 Å². The molecule has 0 saturated heterocycles. The molecule has 2 aromatic heterocycles. The summed E-state index contributed by atoms with van der Waals surface area (Å²) >= 11 is 0. The van der Waals surface area contributed by atoms with Crippen LogP contribution in [-0.2, 0) is 11.3 Å². The third-order valence-electron chi connectivity index (χ3n) is 5.55. The lowest BCUT2D eigenvalue weighted by atomic mass is 9.71. The molecule has 25 heavy (non-hydrogen) atoms. The largest absolute Gasteiger partial charge is 0.352 e. The first kappa shape index (κ1) is 17.7. The smallest absolute Gasteiger partial charge is 0.266 e. The molecule has 0 bridgehead atoms. The van der Waals surface area contributed by atoms with Crippen LogP contribution in [0.4, 0.5) is 0 Å². The number of hydrogen-bond donors (Lipinski definition) is 3. The number of aromatic nitrogens is 3. The number of amides is 1. The van der Waals surface area contributed by atoms with Gasteiger partial charge in [0.1, 0.15) is 0 Å². The van der Waals surface area contributed by atoms with Crippen LogP contribution in [0.3, 0.4) is 0 Å². The number of aryl methyl sites for hydroxylation is 2. The lowest BCUT2D eigenvalue weighted by Gasteiger charge is -2.35. The Bertz CT molecular complexity index is 830. The molecule has 1 fully saturated rings. The Hall–Kier alpha value is -2.15. The zero-order chi connectivity index (χ0) is 18.0. The third kappa shape index (κ3) is 3.61. The zero-order valence-corrected chi connectivity index (χ0v) is 15.0. The predicted molar refractivity (Wildman–Crippen MR) is 96.3 cm³/mol. The summed E-state index contributed by atoms with van der Waals surface area (Å²) < 4.78 is 1.67. The molecule has 7 nitrogen and oxygen atoms in total. The highest BCUT2D eigenvalue weighted by Gasteiger charge is 2.32. The van der Waals surface area contributed by atoms with Gasteiger partial charge in [-0.05, 0) is 38.6 Å². The van der Waals surface area contributed by atoms with Gasteiger partial charge in [-0.1, -0.05) is 19.3 Å². The number of H-pyrrole nitrogens is 1. The van der Waals surface area contributed by atoms with Gasteiger partial charge < -0.3 is 11.1 Å². The first-order valence-corrected chi connectivity index (χ1v) is 8.99. The fourth-order valence-corrected chi connectivity index (χ4v) is 3.96. The van der Waals surface area contributed by atoms with Gasteiger partial charge in [0.15, 0.2) is 5.65 Å². The molecule has 1 saturated carbocycles. The molecule has 136 valence electrons. The Morgan fingerprint density at radius 1 is 1.36 bits per heavy atom. The number of nitrogens with one attached hydrogen (secondary N) is 2. The lowest BCUT2D eigenvalue weighted by Crippen LogP contribution is -2.38. The monoisotopic (exact) mass is 345 g/mol. The summed E-state index contributed by atoms with van der Waals surface area (Å²) in [5.74, 6) is 0.0345. The van der Waals surface area contributed by atoms with Gasteiger partial charge in [0, 0.05) is 36.0 Å². The molecule has 0 aliphatic heterocycles. The molecular weight excluding hydrogens is 318 g/mol. The van der Waals surface area contributed by atoms with E-state index >= 15 is 0 Å². The minimum absolute atomic E-state index is 0.0345. The van der Waals surface area contributed by atoms with Gasteiger partial charge >= 0.3 is 0 Å². The molecule has 0 radical (unpaired) electrons. The molecule has 0 unspecified atom stereocenters. The minimum Gasteiger partial charge on any atom is -0.352 e. The molecule has 0 spiro atoms. The van der Waals surface area contributed by atoms with Crippen molar-refractivity contribution in [3.8, 4) is 0 Å². The summed E-state index contributed by atoms with van der Waals surface area (Å²) in [7, 11) is 0. The molecule has 7 heteroatoms. The zero-order valence-electron chi connectivity index (χ0n) is 15.0. The summed E-state index contributed by atoms with van der Waals surface area (Å²) in [5, 5.41) is 5.75. The number of carbonyl (C=O) groups is 1. The van der Waals surface area contributed by atoms with Gasteiger partial charge in [-0.25, -0.2) is 9.50 Å². The van der Waals surface area contributed by atoms with Crippen LogP contribution >= 0.6 is 0 Å². The first-order chi connectivity index (χ1) is 11.9. The van der Waals surface area contributed by atoms with Crippen LogP contribution in [0.15, 0.2) is 10.9 Å². The average Bonchev–Trinajstić information content (AvgIpc) is 2.96. The molecule has 2 aromatic rings. The third-order valence-corrected chi connectivity index (χ3v) is 5.55. The van der Waals surface area contributed by atoms with E-state index in [2.05, 4.69) is 15.4 Å². The summed E-state index contributed by atoms with van der Waals surface area (Å²) in [5.41, 5.74) is 8.99. The molecule has 1 aliphatic carbocycles. The summed E-state index contributed by atoms with van der Waals surface area (Å²) in [6.45, 7) is 4.78. The number of aromatic amines is 1. The van der Waals surface area contributed by atoms with Crippen LogP contribution in [0.2, 0.25) is 0 Å². The van der Waals surface area contributed by atoms with Crippen molar-refractivity contribution < 1.29 is 4.79 Å². The molecular formula is C18H27N5O2. The molecule has 3 rings (SSSR count). The Morgan fingerprint density at radius 2 is 2.08 bits per heavy atom. The van der Waals surface area contributed by atoms with Crippen molar-refractivity contribution in [2.24, 2.45) is 11.1 Å². The van der Waals surface area contributed by atoms with Crippen molar-refractivity contribution >= 4 is 11.6 Å². The van der Waals surface area contributed by atoms with E-state index in [0.717, 1.165) is 42.6 Å². The van der Waals surface area contributed by atoms with Crippen LogP contribution < -0.4 is 16.6 Å². The highest BCUT2D eigenvalue weighted by molar-refractivity contribution is 5.76. The fraction of sp³-hybridized carbons (Fsp3) is 0.611. The van der Waals surface area contributed by atoms with Crippen molar-refractivity contribution in [2.45, 2.75) is 58.9 Å². The summed E-state index contributed by atoms with van der Waals surface area (Å²) in [6, 6.07) is 1.47. The molecule has 0 atom stereocenters. The maximum Gasteiger partial charge on any atom is 0.266 e. The highest BCUT2D eigenvalue weighted by atomic mass is 16.1. The Balaban J connectivity index is 1.71. The summed E-state index contributed by atoms with van der Waals surface area (Å²) in [4.78, 5) is 28.5. The maximum absolute atomic E-state index is 12.5. The maximum atomic E-state index is 12.5. The predicted octanol–water partition coefficient (Wildman–Crippen LogP) is 1.55. The lowest BCUT2D eigenvalue weighted by molar-refractivity contribution is -0.124. The van der Waals surface area contributed by atoms with Gasteiger partial charge in [-0.15, -0.1) is 0 Å². The van der Waals surface area contributed by atoms with Gasteiger partial charge in [0.2, 0.25) is 5.91 Å². The quantitative estimate of drug-likeness (QED) is 0.764. The number of carbonyl (C=O) groups excluding carboxylic acids is 1. The van der Waals surface area contributed by atoms with Crippen molar-refractivity contribution in [1.29, 1.82) is 0 Å². The second-order valence-corrected chi connectivity index (χ2v) is 7.29. The number of rotatable bonds is 5. The van der Waals surface area contributed by atoms with E-state index in [1.165, 1.54) is 12.5 Å². The van der Waals surface area contributed by atoms with Crippen molar-refractivity contribution in [3.63, 3.8) is 0 Å². The molecule has 1 aliphatic rings. The topological polar surface area (TPSA) is 105 Å². The van der Waals surface area contributed by atoms with Crippen LogP contribution in [0.25, 0.3) is 5.65 Å². The van der Waals surface area contributed by atoms with E-state index in [0.29, 0.717) is 25.2 Å². The van der Waals surface area contributed by atoms with Crippen LogP contribution in [0.1, 0.15) is 55.5 Å². The van der Waals surface area contributed by atoms with Crippen LogP contribution in [0.5, 0.6) is 0 Å². The first-order valence-electron chi connectivity index (χ1n) is 8.99. The standard InChI is InChI=1S/C18H27N5O2/c1-12-14(13(2)23-15(21-12)8-16(24)22-23)10-20-17(25)9-18(11-19)6-4-3-5-7-18/h8H,3-7,9-11,19H2,1-2H3,(H,20,25)(H,22,24). The van der Waals surface area contributed by atoms with Gasteiger partial charge in [-0.2, -0.15) is 0 Å².